The van der Waals surface area contributed by atoms with Gasteiger partial charge in [-0.2, -0.15) is 5.10 Å². The highest BCUT2D eigenvalue weighted by atomic mass is 15.3. The van der Waals surface area contributed by atoms with E-state index in [-0.39, 0.29) is 0 Å². The van der Waals surface area contributed by atoms with Crippen molar-refractivity contribution >= 4 is 0 Å². The molecule has 0 bridgehead atoms. The van der Waals surface area contributed by atoms with Crippen molar-refractivity contribution in [2.75, 3.05) is 6.54 Å². The first-order valence-corrected chi connectivity index (χ1v) is 6.92. The summed E-state index contributed by atoms with van der Waals surface area (Å²) < 4.78 is 2.19. The molecule has 1 atom stereocenters. The van der Waals surface area contributed by atoms with Gasteiger partial charge in [0.15, 0.2) is 0 Å². The minimum atomic E-state index is 0.401. The van der Waals surface area contributed by atoms with E-state index in [1.165, 1.54) is 17.7 Å². The Labute approximate surface area is 106 Å². The summed E-state index contributed by atoms with van der Waals surface area (Å²) in [5.41, 5.74) is 2.65. The summed E-state index contributed by atoms with van der Waals surface area (Å²) in [4.78, 5) is 0. The second kappa shape index (κ2) is 6.80. The fourth-order valence-corrected chi connectivity index (χ4v) is 2.34. The van der Waals surface area contributed by atoms with Crippen molar-refractivity contribution in [2.24, 2.45) is 0 Å². The number of rotatable bonds is 7. The first-order chi connectivity index (χ1) is 8.15. The molecule has 3 heteroatoms. The molecule has 0 aliphatic rings. The highest BCUT2D eigenvalue weighted by Gasteiger charge is 2.16. The molecule has 0 radical (unpaired) electrons. The predicted octanol–water partition coefficient (Wildman–Crippen LogP) is 3.61. The van der Waals surface area contributed by atoms with Crippen molar-refractivity contribution in [3.05, 3.63) is 17.5 Å². The van der Waals surface area contributed by atoms with Crippen LogP contribution >= 0.6 is 0 Å². The quantitative estimate of drug-likeness (QED) is 0.785. The van der Waals surface area contributed by atoms with E-state index in [1.54, 1.807) is 0 Å². The fourth-order valence-electron chi connectivity index (χ4n) is 2.34. The number of hydrogen-bond acceptors (Lipinski definition) is 2. The Morgan fingerprint density at radius 2 is 1.94 bits per heavy atom. The number of nitrogens with zero attached hydrogens (tertiary/aromatic N) is 2. The zero-order valence-electron chi connectivity index (χ0n) is 12.0. The van der Waals surface area contributed by atoms with Gasteiger partial charge in [0, 0.05) is 17.3 Å². The Balaban J connectivity index is 2.82. The molecule has 0 amide bonds. The SMILES string of the molecule is CCCNC(C)c1cnn(C(CC)CC)c1C. The summed E-state index contributed by atoms with van der Waals surface area (Å²) in [6.45, 7) is 12.1. The van der Waals surface area contributed by atoms with Crippen LogP contribution in [0.3, 0.4) is 0 Å². The van der Waals surface area contributed by atoms with E-state index in [2.05, 4.69) is 49.7 Å². The lowest BCUT2D eigenvalue weighted by Crippen LogP contribution is -2.20. The Bertz CT molecular complexity index is 326. The van der Waals surface area contributed by atoms with E-state index in [0.29, 0.717) is 12.1 Å². The van der Waals surface area contributed by atoms with Crippen LogP contribution in [0.15, 0.2) is 6.20 Å². The van der Waals surface area contributed by atoms with Gasteiger partial charge in [0.1, 0.15) is 0 Å². The molecule has 0 aliphatic heterocycles. The molecule has 1 heterocycles. The van der Waals surface area contributed by atoms with Crippen molar-refractivity contribution in [1.82, 2.24) is 15.1 Å². The van der Waals surface area contributed by atoms with Gasteiger partial charge in [-0.1, -0.05) is 20.8 Å². The first-order valence-electron chi connectivity index (χ1n) is 6.92. The van der Waals surface area contributed by atoms with Gasteiger partial charge in [-0.25, -0.2) is 0 Å². The zero-order chi connectivity index (χ0) is 12.8. The van der Waals surface area contributed by atoms with Gasteiger partial charge in [0.05, 0.1) is 12.2 Å². The molecule has 0 spiro atoms. The molecular weight excluding hydrogens is 210 g/mol. The van der Waals surface area contributed by atoms with Crippen LogP contribution in [0.2, 0.25) is 0 Å². The van der Waals surface area contributed by atoms with E-state index in [4.69, 9.17) is 0 Å². The van der Waals surface area contributed by atoms with Gasteiger partial charge in [0.25, 0.3) is 0 Å². The molecule has 17 heavy (non-hydrogen) atoms. The summed E-state index contributed by atoms with van der Waals surface area (Å²) in [5, 5.41) is 8.09. The normalized spacial score (nSPS) is 13.3. The summed E-state index contributed by atoms with van der Waals surface area (Å²) in [7, 11) is 0. The van der Waals surface area contributed by atoms with Crippen LogP contribution in [0, 0.1) is 6.92 Å². The molecule has 1 rings (SSSR count). The number of nitrogens with one attached hydrogen (secondary N) is 1. The molecule has 0 aromatic carbocycles. The number of hydrogen-bond donors (Lipinski definition) is 1. The van der Waals surface area contributed by atoms with Crippen LogP contribution in [-0.2, 0) is 0 Å². The Morgan fingerprint density at radius 1 is 1.29 bits per heavy atom. The standard InChI is InChI=1S/C14H27N3/c1-6-9-15-11(4)14-10-16-17(12(14)5)13(7-2)8-3/h10-11,13,15H,6-9H2,1-5H3. The Hall–Kier alpha value is -0.830. The Morgan fingerprint density at radius 3 is 2.47 bits per heavy atom. The van der Waals surface area contributed by atoms with Gasteiger partial charge in [-0.3, -0.25) is 4.68 Å². The molecule has 1 aromatic rings. The van der Waals surface area contributed by atoms with Crippen molar-refractivity contribution in [3.63, 3.8) is 0 Å². The van der Waals surface area contributed by atoms with E-state index in [1.807, 2.05) is 6.20 Å². The van der Waals surface area contributed by atoms with Gasteiger partial charge in [-0.05, 0) is 39.7 Å². The summed E-state index contributed by atoms with van der Waals surface area (Å²) >= 11 is 0. The van der Waals surface area contributed by atoms with Crippen LogP contribution in [0.1, 0.15) is 70.3 Å². The van der Waals surface area contributed by atoms with Crippen molar-refractivity contribution in [1.29, 1.82) is 0 Å². The van der Waals surface area contributed by atoms with Crippen molar-refractivity contribution < 1.29 is 0 Å². The predicted molar refractivity (Wildman–Crippen MR) is 73.3 cm³/mol. The van der Waals surface area contributed by atoms with E-state index in [9.17, 15) is 0 Å². The van der Waals surface area contributed by atoms with Gasteiger partial charge in [-0.15, -0.1) is 0 Å². The van der Waals surface area contributed by atoms with Crippen LogP contribution in [0.4, 0.5) is 0 Å². The van der Waals surface area contributed by atoms with Gasteiger partial charge < -0.3 is 5.32 Å². The maximum absolute atomic E-state index is 4.56. The maximum atomic E-state index is 4.56. The molecule has 98 valence electrons. The summed E-state index contributed by atoms with van der Waals surface area (Å²) in [6, 6.07) is 0.945. The number of aromatic nitrogens is 2. The summed E-state index contributed by atoms with van der Waals surface area (Å²) in [6.07, 6.45) is 5.50. The van der Waals surface area contributed by atoms with Gasteiger partial charge in [0.2, 0.25) is 0 Å². The van der Waals surface area contributed by atoms with Crippen LogP contribution < -0.4 is 5.32 Å². The zero-order valence-corrected chi connectivity index (χ0v) is 12.0. The van der Waals surface area contributed by atoms with Crippen LogP contribution in [0.5, 0.6) is 0 Å². The van der Waals surface area contributed by atoms with Crippen molar-refractivity contribution in [2.45, 2.75) is 66.0 Å². The highest BCUT2D eigenvalue weighted by Crippen LogP contribution is 2.22. The van der Waals surface area contributed by atoms with Gasteiger partial charge >= 0.3 is 0 Å². The fraction of sp³-hybridized carbons (Fsp3) is 0.786. The third kappa shape index (κ3) is 3.32. The molecule has 0 saturated carbocycles. The molecule has 1 unspecified atom stereocenters. The highest BCUT2D eigenvalue weighted by molar-refractivity contribution is 5.20. The molecule has 0 fully saturated rings. The summed E-state index contributed by atoms with van der Waals surface area (Å²) in [5.74, 6) is 0. The minimum absolute atomic E-state index is 0.401. The largest absolute Gasteiger partial charge is 0.310 e. The average molecular weight is 237 g/mol. The van der Waals surface area contributed by atoms with E-state index in [0.717, 1.165) is 19.4 Å². The molecule has 1 N–H and O–H groups in total. The molecule has 0 aliphatic carbocycles. The lowest BCUT2D eigenvalue weighted by Gasteiger charge is -2.17. The van der Waals surface area contributed by atoms with E-state index >= 15 is 0 Å². The second-order valence-corrected chi connectivity index (χ2v) is 4.78. The maximum Gasteiger partial charge on any atom is 0.0540 e. The van der Waals surface area contributed by atoms with Crippen LogP contribution in [-0.4, -0.2) is 16.3 Å². The monoisotopic (exact) mass is 237 g/mol. The topological polar surface area (TPSA) is 29.9 Å². The van der Waals surface area contributed by atoms with Crippen LogP contribution in [0.25, 0.3) is 0 Å². The third-order valence-corrected chi connectivity index (χ3v) is 3.54. The molecular formula is C14H27N3. The first kappa shape index (κ1) is 14.2. The second-order valence-electron chi connectivity index (χ2n) is 4.78. The van der Waals surface area contributed by atoms with E-state index < -0.39 is 0 Å². The lowest BCUT2D eigenvalue weighted by molar-refractivity contribution is 0.418. The van der Waals surface area contributed by atoms with Crippen molar-refractivity contribution in [3.8, 4) is 0 Å². The minimum Gasteiger partial charge on any atom is -0.310 e. The lowest BCUT2D eigenvalue weighted by atomic mass is 10.1. The molecule has 0 saturated heterocycles. The molecule has 3 nitrogen and oxygen atoms in total. The smallest absolute Gasteiger partial charge is 0.0540 e. The third-order valence-electron chi connectivity index (χ3n) is 3.54. The average Bonchev–Trinajstić information content (AvgIpc) is 2.70. The molecule has 1 aromatic heterocycles. The Kier molecular flexibility index (Phi) is 5.69.